The second-order valence-corrected chi connectivity index (χ2v) is 21.3. The molecule has 0 radical (unpaired) electrons. The van der Waals surface area contributed by atoms with E-state index in [0.717, 1.165) is 55.8 Å². The number of carbonyl (C=O) groups excluding carboxylic acids is 1. The third kappa shape index (κ3) is 14.6. The fraction of sp³-hybridized carbons (Fsp3) is 0.438. The molecule has 0 aliphatic carbocycles. The largest absolute Gasteiger partial charge is 0.481 e. The normalized spacial score (nSPS) is 12.9. The van der Waals surface area contributed by atoms with Gasteiger partial charge >= 0.3 is 36.6 Å². The molecular weight excluding hydrogens is 1120 g/mol. The molecule has 2 aromatic heterocycles. The van der Waals surface area contributed by atoms with Crippen LogP contribution in [0.5, 0.6) is 0 Å². The first-order valence-corrected chi connectivity index (χ1v) is 27.4. The number of halogens is 12. The summed E-state index contributed by atoms with van der Waals surface area (Å²) in [5.41, 5.74) is 1.49. The van der Waals surface area contributed by atoms with Crippen LogP contribution in [0.2, 0.25) is 0 Å². The van der Waals surface area contributed by atoms with Crippen molar-refractivity contribution in [3.63, 3.8) is 0 Å². The number of rotatable bonds is 21. The predicted molar refractivity (Wildman–Crippen MR) is 296 cm³/mol. The van der Waals surface area contributed by atoms with E-state index in [2.05, 4.69) is 16.0 Å². The number of carbonyl (C=O) groups is 2. The Kier molecular flexibility index (Phi) is 21.6. The number of aliphatic carboxylic acids is 1. The summed E-state index contributed by atoms with van der Waals surface area (Å²) in [6.07, 6.45) is -21.7. The lowest BCUT2D eigenvalue weighted by Crippen LogP contribution is -2.57. The molecule has 0 atom stereocenters. The molecule has 0 saturated heterocycles. The molecule has 0 unspecified atom stereocenters. The van der Waals surface area contributed by atoms with Crippen LogP contribution in [0, 0.1) is 27.7 Å². The van der Waals surface area contributed by atoms with E-state index in [4.69, 9.17) is 9.84 Å². The highest BCUT2D eigenvalue weighted by atomic mass is 19.4. The van der Waals surface area contributed by atoms with Crippen LogP contribution >= 0.6 is 0 Å². The van der Waals surface area contributed by atoms with E-state index in [9.17, 15) is 72.5 Å². The summed E-state index contributed by atoms with van der Waals surface area (Å²) in [4.78, 5) is 31.7. The molecule has 3 N–H and O–H groups in total. The highest BCUT2D eigenvalue weighted by molar-refractivity contribution is 5.73. The molecule has 0 amide bonds. The van der Waals surface area contributed by atoms with E-state index in [1.807, 2.05) is 90.1 Å². The second kappa shape index (κ2) is 26.6. The summed E-state index contributed by atoms with van der Waals surface area (Å²) < 4.78 is 163. The van der Waals surface area contributed by atoms with Crippen molar-refractivity contribution in [3.8, 4) is 22.5 Å². The number of aliphatic hydroxyl groups is 2. The Bertz CT molecular complexity index is 3190. The van der Waals surface area contributed by atoms with Crippen LogP contribution in [0.1, 0.15) is 140 Å². The van der Waals surface area contributed by atoms with Crippen molar-refractivity contribution in [2.75, 3.05) is 6.61 Å². The van der Waals surface area contributed by atoms with Crippen LogP contribution < -0.4 is 0 Å². The van der Waals surface area contributed by atoms with Crippen molar-refractivity contribution in [1.82, 2.24) is 9.97 Å². The van der Waals surface area contributed by atoms with E-state index < -0.39 is 78.4 Å². The number of alkyl halides is 12. The number of hydrogen-bond donors (Lipinski definition) is 3. The fourth-order valence-electron chi connectivity index (χ4n) is 11.0. The van der Waals surface area contributed by atoms with Crippen LogP contribution in [-0.4, -0.2) is 79.7 Å². The number of hydrogen-bond acceptors (Lipinski definition) is 7. The van der Waals surface area contributed by atoms with E-state index in [1.165, 1.54) is 6.20 Å². The highest BCUT2D eigenvalue weighted by Gasteiger charge is 2.70. The molecule has 0 fully saturated rings. The number of aryl methyl sites for hydroxylation is 6. The van der Waals surface area contributed by atoms with Crippen molar-refractivity contribution >= 4 is 11.9 Å². The lowest BCUT2D eigenvalue weighted by Gasteiger charge is -2.35. The second-order valence-electron chi connectivity index (χ2n) is 21.3. The molecule has 8 nitrogen and oxygen atoms in total. The van der Waals surface area contributed by atoms with Gasteiger partial charge in [-0.05, 0) is 165 Å². The number of benzene rings is 4. The lowest BCUT2D eigenvalue weighted by molar-refractivity contribution is -0.370. The molecule has 0 spiro atoms. The number of nitrogens with zero attached hydrogens (tertiary/aromatic N) is 2. The van der Waals surface area contributed by atoms with Crippen molar-refractivity contribution < 1.29 is 82.3 Å². The maximum atomic E-state index is 13.2. The monoisotopic (exact) mass is 1190 g/mol. The van der Waals surface area contributed by atoms with E-state index >= 15 is 0 Å². The van der Waals surface area contributed by atoms with Gasteiger partial charge in [-0.1, -0.05) is 113 Å². The van der Waals surface area contributed by atoms with Gasteiger partial charge in [0.25, 0.3) is 11.2 Å². The summed E-state index contributed by atoms with van der Waals surface area (Å²) in [5, 5.41) is 28.1. The minimum absolute atomic E-state index is 0.121. The fourth-order valence-corrected chi connectivity index (χ4v) is 11.0. The van der Waals surface area contributed by atoms with Gasteiger partial charge in [0.2, 0.25) is 0 Å². The van der Waals surface area contributed by atoms with E-state index in [1.54, 1.807) is 69.4 Å². The minimum Gasteiger partial charge on any atom is -0.481 e. The standard InChI is InChI=1S/C33H37F6NO3.C31H33F6NO3/c1-6-30(7-2,25-11-10-24(21(4)17-25)15-16-31(42,32(34,35)36)33(37,38)39)26-12-13-27(22(5)18-26)28-14-9-23(20-40-28)19-29(41)43-8-3;1-5-28(6-2,24-10-11-25(20(4)16-24)26-12-7-21(18-38-26)17-27(39)40)23-9-8-22(19(3)15-23)13-14-29(41,30(32,33)34)31(35,36)37/h9-14,17-18,20,42H,6-8,15-16,19H2,1-5H3;7-12,15-16,18,41H,5-6,13-14,17H2,1-4H3,(H,39,40). The van der Waals surface area contributed by atoms with Gasteiger partial charge < -0.3 is 20.1 Å². The Balaban J connectivity index is 0.000000308. The molecule has 456 valence electrons. The Morgan fingerprint density at radius 1 is 0.452 bits per heavy atom. The quantitative estimate of drug-likeness (QED) is 0.0480. The average molecular weight is 1190 g/mol. The lowest BCUT2D eigenvalue weighted by atomic mass is 9.69. The van der Waals surface area contributed by atoms with Gasteiger partial charge in [-0.2, -0.15) is 52.7 Å². The summed E-state index contributed by atoms with van der Waals surface area (Å²) in [6.45, 7) is 17.4. The molecule has 0 bridgehead atoms. The Morgan fingerprint density at radius 2 is 0.774 bits per heavy atom. The zero-order valence-corrected chi connectivity index (χ0v) is 48.2. The van der Waals surface area contributed by atoms with Gasteiger partial charge in [0.1, 0.15) is 0 Å². The molecule has 0 aliphatic rings. The van der Waals surface area contributed by atoms with Crippen molar-refractivity contribution in [1.29, 1.82) is 0 Å². The SMILES string of the molecule is CCC(CC)(c1ccc(CCC(O)(C(F)(F)F)C(F)(F)F)c(C)c1)c1ccc(-c2ccc(CC(=O)O)cn2)c(C)c1.CCOC(=O)Cc1ccc(-c2ccc(C(CC)(CC)c3ccc(CCC(O)(C(F)(F)F)C(F)(F)F)c(C)c3)cc2C)nc1. The third-order valence-corrected chi connectivity index (χ3v) is 16.4. The van der Waals surface area contributed by atoms with E-state index in [0.29, 0.717) is 65.8 Å². The van der Waals surface area contributed by atoms with Crippen molar-refractivity contribution in [2.24, 2.45) is 0 Å². The maximum Gasteiger partial charge on any atom is 0.426 e. The van der Waals surface area contributed by atoms with Gasteiger partial charge in [-0.15, -0.1) is 0 Å². The molecule has 4 aromatic carbocycles. The van der Waals surface area contributed by atoms with Crippen molar-refractivity contribution in [2.45, 2.75) is 173 Å². The number of carboxylic acids is 1. The molecule has 6 aromatic rings. The highest BCUT2D eigenvalue weighted by Crippen LogP contribution is 2.49. The number of ether oxygens (including phenoxy) is 1. The first kappa shape index (κ1) is 68.0. The van der Waals surface area contributed by atoms with Gasteiger partial charge in [0.05, 0.1) is 30.8 Å². The van der Waals surface area contributed by atoms with Gasteiger partial charge in [0.15, 0.2) is 0 Å². The predicted octanol–water partition coefficient (Wildman–Crippen LogP) is 16.3. The topological polar surface area (TPSA) is 130 Å². The number of aromatic nitrogens is 2. The summed E-state index contributed by atoms with van der Waals surface area (Å²) >= 11 is 0. The molecule has 20 heteroatoms. The Morgan fingerprint density at radius 3 is 1.04 bits per heavy atom. The zero-order chi connectivity index (χ0) is 63.0. The van der Waals surface area contributed by atoms with Crippen LogP contribution in [-0.2, 0) is 50.8 Å². The molecule has 84 heavy (non-hydrogen) atoms. The van der Waals surface area contributed by atoms with E-state index in [-0.39, 0.29) is 18.8 Å². The smallest absolute Gasteiger partial charge is 0.426 e. The molecule has 0 saturated carbocycles. The van der Waals surface area contributed by atoms with Crippen LogP contribution in [0.4, 0.5) is 52.7 Å². The molecule has 2 heterocycles. The number of carboxylic acid groups (broad SMARTS) is 1. The van der Waals surface area contributed by atoms with Crippen LogP contribution in [0.15, 0.2) is 109 Å². The van der Waals surface area contributed by atoms with Gasteiger partial charge in [-0.3, -0.25) is 19.6 Å². The summed E-state index contributed by atoms with van der Waals surface area (Å²) in [5.74, 6) is -1.26. The average Bonchev–Trinajstić information content (AvgIpc) is 2.07. The van der Waals surface area contributed by atoms with Crippen LogP contribution in [0.3, 0.4) is 0 Å². The third-order valence-electron chi connectivity index (χ3n) is 16.4. The first-order valence-electron chi connectivity index (χ1n) is 27.4. The van der Waals surface area contributed by atoms with Gasteiger partial charge in [-0.25, -0.2) is 0 Å². The zero-order valence-electron chi connectivity index (χ0n) is 48.2. The molecular formula is C64H70F12N2O6. The Hall–Kier alpha value is -6.80. The first-order chi connectivity index (χ1) is 39.0. The Labute approximate surface area is 481 Å². The van der Waals surface area contributed by atoms with Crippen LogP contribution in [0.25, 0.3) is 22.5 Å². The summed E-state index contributed by atoms with van der Waals surface area (Å²) in [7, 11) is 0. The maximum absolute atomic E-state index is 13.2. The number of pyridine rings is 2. The van der Waals surface area contributed by atoms with Gasteiger partial charge in [0, 0.05) is 34.4 Å². The van der Waals surface area contributed by atoms with Crippen molar-refractivity contribution in [3.05, 3.63) is 176 Å². The molecule has 6 rings (SSSR count). The minimum atomic E-state index is -5.85. The summed E-state index contributed by atoms with van der Waals surface area (Å²) in [6, 6.07) is 29.4. The number of esters is 1. The molecule has 0 aliphatic heterocycles.